The van der Waals surface area contributed by atoms with Crippen molar-refractivity contribution in [2.24, 2.45) is 5.41 Å². The molecular formula is C14H26N2O5. The molecule has 21 heavy (non-hydrogen) atoms. The van der Waals surface area contributed by atoms with Crippen molar-refractivity contribution in [3.8, 4) is 0 Å². The fraction of sp³-hybridized carbons (Fsp3) is 0.786. The average molecular weight is 302 g/mol. The van der Waals surface area contributed by atoms with E-state index >= 15 is 0 Å². The summed E-state index contributed by atoms with van der Waals surface area (Å²) in [4.78, 5) is 34.0. The SMILES string of the molecule is COC(=O)C[C@H](NC(=O)NC(C)(C)CC(C)(C)C)C(=O)O. The van der Waals surface area contributed by atoms with Crippen LogP contribution in [0.4, 0.5) is 4.79 Å². The molecule has 0 aliphatic heterocycles. The number of methoxy groups -OCH3 is 1. The summed E-state index contributed by atoms with van der Waals surface area (Å²) in [6, 6.07) is -1.94. The van der Waals surface area contributed by atoms with Crippen molar-refractivity contribution in [3.05, 3.63) is 0 Å². The van der Waals surface area contributed by atoms with E-state index in [9.17, 15) is 14.4 Å². The van der Waals surface area contributed by atoms with Gasteiger partial charge in [-0.05, 0) is 25.7 Å². The summed E-state index contributed by atoms with van der Waals surface area (Å²) >= 11 is 0. The van der Waals surface area contributed by atoms with Crippen molar-refractivity contribution in [2.75, 3.05) is 7.11 Å². The Hall–Kier alpha value is -1.79. The maximum atomic E-state index is 11.9. The van der Waals surface area contributed by atoms with Crippen LogP contribution >= 0.6 is 0 Å². The van der Waals surface area contributed by atoms with Crippen LogP contribution in [0.5, 0.6) is 0 Å². The Morgan fingerprint density at radius 1 is 1.14 bits per heavy atom. The van der Waals surface area contributed by atoms with Gasteiger partial charge in [-0.2, -0.15) is 0 Å². The third-order valence-corrected chi connectivity index (χ3v) is 2.63. The summed E-state index contributed by atoms with van der Waals surface area (Å²) < 4.78 is 4.41. The predicted molar refractivity (Wildman–Crippen MR) is 77.9 cm³/mol. The van der Waals surface area contributed by atoms with E-state index in [-0.39, 0.29) is 5.41 Å². The van der Waals surface area contributed by atoms with E-state index in [4.69, 9.17) is 5.11 Å². The monoisotopic (exact) mass is 302 g/mol. The standard InChI is InChI=1S/C14H26N2O5/c1-13(2,3)8-14(4,5)16-12(20)15-9(11(18)19)7-10(17)21-6/h9H,7-8H2,1-6H3,(H,18,19)(H2,15,16,20)/t9-/m0/s1. The van der Waals surface area contributed by atoms with E-state index in [0.29, 0.717) is 6.42 Å². The van der Waals surface area contributed by atoms with Crippen molar-refractivity contribution in [1.29, 1.82) is 0 Å². The molecule has 3 N–H and O–H groups in total. The Morgan fingerprint density at radius 2 is 1.67 bits per heavy atom. The van der Waals surface area contributed by atoms with Crippen LogP contribution in [0.25, 0.3) is 0 Å². The molecule has 0 aromatic carbocycles. The molecule has 0 saturated carbocycles. The van der Waals surface area contributed by atoms with Gasteiger partial charge in [0.15, 0.2) is 0 Å². The second-order valence-electron chi connectivity index (χ2n) is 6.89. The van der Waals surface area contributed by atoms with Gasteiger partial charge in [-0.1, -0.05) is 20.8 Å². The number of amides is 2. The van der Waals surface area contributed by atoms with E-state index in [1.54, 1.807) is 0 Å². The number of carbonyl (C=O) groups is 3. The first-order valence-electron chi connectivity index (χ1n) is 6.74. The number of nitrogens with one attached hydrogen (secondary N) is 2. The van der Waals surface area contributed by atoms with Crippen molar-refractivity contribution < 1.29 is 24.2 Å². The van der Waals surface area contributed by atoms with Crippen LogP contribution in [0.15, 0.2) is 0 Å². The minimum atomic E-state index is -1.32. The molecule has 122 valence electrons. The number of esters is 1. The van der Waals surface area contributed by atoms with Crippen LogP contribution in [-0.2, 0) is 14.3 Å². The summed E-state index contributed by atoms with van der Waals surface area (Å²) in [5.41, 5.74) is -0.494. The summed E-state index contributed by atoms with van der Waals surface area (Å²) in [6.45, 7) is 9.85. The Balaban J connectivity index is 4.64. The Labute approximate surface area is 125 Å². The van der Waals surface area contributed by atoms with Gasteiger partial charge < -0.3 is 20.5 Å². The molecule has 0 fully saturated rings. The lowest BCUT2D eigenvalue weighted by Gasteiger charge is -2.33. The Bertz CT molecular complexity index is 399. The van der Waals surface area contributed by atoms with Crippen LogP contribution < -0.4 is 10.6 Å². The van der Waals surface area contributed by atoms with Gasteiger partial charge in [0.2, 0.25) is 0 Å². The highest BCUT2D eigenvalue weighted by Gasteiger charge is 2.29. The average Bonchev–Trinajstić information content (AvgIpc) is 2.23. The predicted octanol–water partition coefficient (Wildman–Crippen LogP) is 1.52. The first kappa shape index (κ1) is 19.2. The van der Waals surface area contributed by atoms with Gasteiger partial charge in [0.05, 0.1) is 13.5 Å². The highest BCUT2D eigenvalue weighted by atomic mass is 16.5. The second kappa shape index (κ2) is 7.28. The topological polar surface area (TPSA) is 105 Å². The summed E-state index contributed by atoms with van der Waals surface area (Å²) in [5, 5.41) is 14.0. The van der Waals surface area contributed by atoms with E-state index in [0.717, 1.165) is 7.11 Å². The molecule has 2 amide bonds. The third kappa shape index (κ3) is 8.88. The summed E-state index contributed by atoms with van der Waals surface area (Å²) in [7, 11) is 1.16. The van der Waals surface area contributed by atoms with Gasteiger partial charge in [0, 0.05) is 5.54 Å². The minimum absolute atomic E-state index is 0.00892. The number of rotatable bonds is 6. The third-order valence-electron chi connectivity index (χ3n) is 2.63. The molecular weight excluding hydrogens is 276 g/mol. The number of urea groups is 1. The molecule has 7 heteroatoms. The molecule has 0 spiro atoms. The number of aliphatic carboxylic acids is 1. The second-order valence-corrected chi connectivity index (χ2v) is 6.89. The van der Waals surface area contributed by atoms with Gasteiger partial charge in [-0.3, -0.25) is 4.79 Å². The zero-order valence-electron chi connectivity index (χ0n) is 13.6. The lowest BCUT2D eigenvalue weighted by atomic mass is 9.82. The van der Waals surface area contributed by atoms with Gasteiger partial charge in [-0.15, -0.1) is 0 Å². The van der Waals surface area contributed by atoms with Crippen molar-refractivity contribution in [3.63, 3.8) is 0 Å². The number of hydrogen-bond acceptors (Lipinski definition) is 4. The molecule has 0 heterocycles. The maximum Gasteiger partial charge on any atom is 0.326 e. The van der Waals surface area contributed by atoms with Crippen molar-refractivity contribution in [1.82, 2.24) is 10.6 Å². The number of carboxylic acids is 1. The largest absolute Gasteiger partial charge is 0.480 e. The normalized spacial score (nSPS) is 13.2. The molecule has 0 aromatic heterocycles. The van der Waals surface area contributed by atoms with Gasteiger partial charge in [0.1, 0.15) is 6.04 Å². The zero-order valence-corrected chi connectivity index (χ0v) is 13.6. The molecule has 0 unspecified atom stereocenters. The lowest BCUT2D eigenvalue weighted by Crippen LogP contribution is -2.54. The molecule has 0 rings (SSSR count). The molecule has 0 saturated heterocycles. The van der Waals surface area contributed by atoms with Crippen LogP contribution in [0.3, 0.4) is 0 Å². The summed E-state index contributed by atoms with van der Waals surface area (Å²) in [5.74, 6) is -1.99. The first-order chi connectivity index (χ1) is 9.36. The lowest BCUT2D eigenvalue weighted by molar-refractivity contribution is -0.147. The van der Waals surface area contributed by atoms with E-state index < -0.39 is 36.0 Å². The highest BCUT2D eigenvalue weighted by Crippen LogP contribution is 2.26. The molecule has 0 aliphatic rings. The van der Waals surface area contributed by atoms with Crippen LogP contribution in [0.1, 0.15) is 47.5 Å². The van der Waals surface area contributed by atoms with Crippen molar-refractivity contribution >= 4 is 18.0 Å². The maximum absolute atomic E-state index is 11.9. The van der Waals surface area contributed by atoms with Crippen molar-refractivity contribution in [2.45, 2.75) is 59.0 Å². The van der Waals surface area contributed by atoms with Crippen LogP contribution in [0.2, 0.25) is 0 Å². The highest BCUT2D eigenvalue weighted by molar-refractivity contribution is 5.86. The van der Waals surface area contributed by atoms with Crippen LogP contribution in [-0.4, -0.2) is 41.8 Å². The van der Waals surface area contributed by atoms with Gasteiger partial charge in [0.25, 0.3) is 0 Å². The number of carbonyl (C=O) groups excluding carboxylic acids is 2. The molecule has 0 radical (unpaired) electrons. The molecule has 0 bridgehead atoms. The molecule has 0 aliphatic carbocycles. The molecule has 0 aromatic rings. The number of hydrogen-bond donors (Lipinski definition) is 3. The smallest absolute Gasteiger partial charge is 0.326 e. The van der Waals surface area contributed by atoms with Gasteiger partial charge >= 0.3 is 18.0 Å². The zero-order chi connectivity index (χ0) is 16.8. The number of carboxylic acid groups (broad SMARTS) is 1. The molecule has 1 atom stereocenters. The Morgan fingerprint density at radius 3 is 2.05 bits per heavy atom. The first-order valence-corrected chi connectivity index (χ1v) is 6.74. The Kier molecular flexibility index (Phi) is 6.66. The van der Waals surface area contributed by atoms with Gasteiger partial charge in [-0.25, -0.2) is 9.59 Å². The van der Waals surface area contributed by atoms with Crippen LogP contribution in [0, 0.1) is 5.41 Å². The number of ether oxygens (including phenoxy) is 1. The van der Waals surface area contributed by atoms with E-state index in [1.807, 2.05) is 34.6 Å². The van der Waals surface area contributed by atoms with E-state index in [1.165, 1.54) is 0 Å². The fourth-order valence-electron chi connectivity index (χ4n) is 2.32. The quantitative estimate of drug-likeness (QED) is 0.645. The minimum Gasteiger partial charge on any atom is -0.480 e. The summed E-state index contributed by atoms with van der Waals surface area (Å²) in [6.07, 6.45) is 0.293. The van der Waals surface area contributed by atoms with E-state index in [2.05, 4.69) is 15.4 Å². The molecule has 7 nitrogen and oxygen atoms in total. The fourth-order valence-corrected chi connectivity index (χ4v) is 2.32.